The summed E-state index contributed by atoms with van der Waals surface area (Å²) in [5, 5.41) is 8.97. The lowest BCUT2D eigenvalue weighted by atomic mass is 10.1. The van der Waals surface area contributed by atoms with E-state index in [1.165, 1.54) is 0 Å². The lowest BCUT2D eigenvalue weighted by Gasteiger charge is -2.29. The van der Waals surface area contributed by atoms with E-state index in [1.54, 1.807) is 17.0 Å². The van der Waals surface area contributed by atoms with Gasteiger partial charge in [-0.2, -0.15) is 0 Å². The Labute approximate surface area is 114 Å². The van der Waals surface area contributed by atoms with Gasteiger partial charge in [0, 0.05) is 37.1 Å². The Morgan fingerprint density at radius 2 is 2.05 bits per heavy atom. The maximum Gasteiger partial charge on any atom is 0.293 e. The SMILES string of the molecule is CC(C)N(CCCO)c1nccn(C(C)(C)C)c1=O. The Balaban J connectivity index is 3.21. The fourth-order valence-electron chi connectivity index (χ4n) is 1.98. The highest BCUT2D eigenvalue weighted by Crippen LogP contribution is 2.14. The molecular formula is C14H25N3O2. The fourth-order valence-corrected chi connectivity index (χ4v) is 1.98. The van der Waals surface area contributed by atoms with Crippen LogP contribution < -0.4 is 10.5 Å². The van der Waals surface area contributed by atoms with Gasteiger partial charge in [-0.25, -0.2) is 4.98 Å². The highest BCUT2D eigenvalue weighted by atomic mass is 16.3. The average Bonchev–Trinajstić information content (AvgIpc) is 2.29. The third-order valence-corrected chi connectivity index (χ3v) is 3.00. The fraction of sp³-hybridized carbons (Fsp3) is 0.714. The van der Waals surface area contributed by atoms with Crippen LogP contribution in [-0.2, 0) is 5.54 Å². The highest BCUT2D eigenvalue weighted by Gasteiger charge is 2.21. The van der Waals surface area contributed by atoms with Gasteiger partial charge in [0.05, 0.1) is 0 Å². The largest absolute Gasteiger partial charge is 0.396 e. The first-order valence-corrected chi connectivity index (χ1v) is 6.74. The molecule has 19 heavy (non-hydrogen) atoms. The zero-order valence-electron chi connectivity index (χ0n) is 12.6. The Kier molecular flexibility index (Phi) is 5.11. The predicted octanol–water partition coefficient (Wildman–Crippen LogP) is 1.60. The van der Waals surface area contributed by atoms with Gasteiger partial charge in [-0.15, -0.1) is 0 Å². The minimum atomic E-state index is -0.269. The molecule has 0 radical (unpaired) electrons. The van der Waals surface area contributed by atoms with Crippen molar-refractivity contribution in [2.24, 2.45) is 0 Å². The molecule has 0 aromatic carbocycles. The molecule has 0 amide bonds. The monoisotopic (exact) mass is 267 g/mol. The maximum absolute atomic E-state index is 12.5. The molecule has 108 valence electrons. The van der Waals surface area contributed by atoms with Gasteiger partial charge in [0.1, 0.15) is 0 Å². The normalized spacial score (nSPS) is 11.9. The molecule has 0 spiro atoms. The van der Waals surface area contributed by atoms with Gasteiger partial charge in [0.15, 0.2) is 5.82 Å². The number of hydrogen-bond donors (Lipinski definition) is 1. The molecule has 0 atom stereocenters. The van der Waals surface area contributed by atoms with Gasteiger partial charge < -0.3 is 14.6 Å². The molecule has 0 aliphatic rings. The molecule has 0 aliphatic carbocycles. The molecule has 0 saturated heterocycles. The molecular weight excluding hydrogens is 242 g/mol. The highest BCUT2D eigenvalue weighted by molar-refractivity contribution is 5.37. The first-order chi connectivity index (χ1) is 8.79. The van der Waals surface area contributed by atoms with Crippen molar-refractivity contribution in [1.29, 1.82) is 0 Å². The second-order valence-corrected chi connectivity index (χ2v) is 5.96. The number of nitrogens with zero attached hydrogens (tertiary/aromatic N) is 3. The molecule has 0 fully saturated rings. The van der Waals surface area contributed by atoms with Crippen LogP contribution in [-0.4, -0.2) is 33.9 Å². The molecule has 1 N–H and O–H groups in total. The lowest BCUT2D eigenvalue weighted by Crippen LogP contribution is -2.42. The number of rotatable bonds is 5. The van der Waals surface area contributed by atoms with Crippen LogP contribution in [0.15, 0.2) is 17.2 Å². The Hall–Kier alpha value is -1.36. The van der Waals surface area contributed by atoms with Crippen LogP contribution in [0.25, 0.3) is 0 Å². The van der Waals surface area contributed by atoms with Crippen molar-refractivity contribution in [2.45, 2.75) is 52.6 Å². The predicted molar refractivity (Wildman–Crippen MR) is 77.7 cm³/mol. The van der Waals surface area contributed by atoms with E-state index in [0.717, 1.165) is 0 Å². The summed E-state index contributed by atoms with van der Waals surface area (Å²) in [6.45, 7) is 10.8. The van der Waals surface area contributed by atoms with E-state index in [9.17, 15) is 4.79 Å². The third kappa shape index (κ3) is 3.80. The van der Waals surface area contributed by atoms with Gasteiger partial charge in [-0.05, 0) is 41.0 Å². The minimum Gasteiger partial charge on any atom is -0.396 e. The van der Waals surface area contributed by atoms with Gasteiger partial charge in [0.25, 0.3) is 5.56 Å². The van der Waals surface area contributed by atoms with Crippen LogP contribution in [0, 0.1) is 0 Å². The van der Waals surface area contributed by atoms with E-state index in [-0.39, 0.29) is 23.7 Å². The van der Waals surface area contributed by atoms with E-state index in [0.29, 0.717) is 18.8 Å². The molecule has 5 heteroatoms. The van der Waals surface area contributed by atoms with Crippen molar-refractivity contribution >= 4 is 5.82 Å². The Morgan fingerprint density at radius 1 is 1.42 bits per heavy atom. The van der Waals surface area contributed by atoms with Crippen LogP contribution >= 0.6 is 0 Å². The summed E-state index contributed by atoms with van der Waals surface area (Å²) >= 11 is 0. The van der Waals surface area contributed by atoms with E-state index in [1.807, 2.05) is 39.5 Å². The summed E-state index contributed by atoms with van der Waals surface area (Å²) in [7, 11) is 0. The minimum absolute atomic E-state index is 0.0818. The molecule has 1 aromatic rings. The van der Waals surface area contributed by atoms with Gasteiger partial charge in [-0.1, -0.05) is 0 Å². The first-order valence-electron chi connectivity index (χ1n) is 6.74. The Morgan fingerprint density at radius 3 is 2.53 bits per heavy atom. The van der Waals surface area contributed by atoms with Crippen LogP contribution in [0.4, 0.5) is 5.82 Å². The summed E-state index contributed by atoms with van der Waals surface area (Å²) < 4.78 is 1.70. The first kappa shape index (κ1) is 15.7. The summed E-state index contributed by atoms with van der Waals surface area (Å²) in [4.78, 5) is 18.7. The number of aliphatic hydroxyl groups excluding tert-OH is 1. The molecule has 0 saturated carbocycles. The molecule has 1 rings (SSSR count). The second-order valence-electron chi connectivity index (χ2n) is 5.96. The average molecular weight is 267 g/mol. The summed E-state index contributed by atoms with van der Waals surface area (Å²) in [5.41, 5.74) is -0.351. The molecule has 1 aromatic heterocycles. The number of hydrogen-bond acceptors (Lipinski definition) is 4. The third-order valence-electron chi connectivity index (χ3n) is 3.00. The van der Waals surface area contributed by atoms with Crippen molar-refractivity contribution in [3.63, 3.8) is 0 Å². The molecule has 0 aliphatic heterocycles. The van der Waals surface area contributed by atoms with Crippen LogP contribution in [0.5, 0.6) is 0 Å². The van der Waals surface area contributed by atoms with E-state index in [2.05, 4.69) is 4.98 Å². The lowest BCUT2D eigenvalue weighted by molar-refractivity contribution is 0.288. The molecule has 5 nitrogen and oxygen atoms in total. The molecule has 0 bridgehead atoms. The van der Waals surface area contributed by atoms with E-state index in [4.69, 9.17) is 5.11 Å². The topological polar surface area (TPSA) is 58.4 Å². The van der Waals surface area contributed by atoms with Crippen molar-refractivity contribution in [3.8, 4) is 0 Å². The van der Waals surface area contributed by atoms with Crippen molar-refractivity contribution in [2.75, 3.05) is 18.1 Å². The molecule has 1 heterocycles. The van der Waals surface area contributed by atoms with Crippen LogP contribution in [0.2, 0.25) is 0 Å². The zero-order chi connectivity index (χ0) is 14.6. The van der Waals surface area contributed by atoms with Gasteiger partial charge >= 0.3 is 0 Å². The smallest absolute Gasteiger partial charge is 0.293 e. The van der Waals surface area contributed by atoms with Gasteiger partial charge in [0.2, 0.25) is 0 Å². The van der Waals surface area contributed by atoms with E-state index < -0.39 is 0 Å². The number of aromatic nitrogens is 2. The summed E-state index contributed by atoms with van der Waals surface area (Å²) in [6.07, 6.45) is 4.01. The Bertz CT molecular complexity index is 460. The number of anilines is 1. The van der Waals surface area contributed by atoms with Crippen molar-refractivity contribution in [1.82, 2.24) is 9.55 Å². The maximum atomic E-state index is 12.5. The zero-order valence-corrected chi connectivity index (χ0v) is 12.6. The quantitative estimate of drug-likeness (QED) is 0.880. The van der Waals surface area contributed by atoms with Crippen LogP contribution in [0.1, 0.15) is 41.0 Å². The summed E-state index contributed by atoms with van der Waals surface area (Å²) in [5.74, 6) is 0.459. The number of aliphatic hydroxyl groups is 1. The van der Waals surface area contributed by atoms with Crippen molar-refractivity contribution < 1.29 is 5.11 Å². The second kappa shape index (κ2) is 6.19. The van der Waals surface area contributed by atoms with Gasteiger partial charge in [-0.3, -0.25) is 4.79 Å². The van der Waals surface area contributed by atoms with E-state index >= 15 is 0 Å². The van der Waals surface area contributed by atoms with Crippen LogP contribution in [0.3, 0.4) is 0 Å². The molecule has 0 unspecified atom stereocenters. The summed E-state index contributed by atoms with van der Waals surface area (Å²) in [6, 6.07) is 0.169. The van der Waals surface area contributed by atoms with Crippen molar-refractivity contribution in [3.05, 3.63) is 22.7 Å². The standard InChI is InChI=1S/C14H25N3O2/c1-11(2)16(8-6-10-18)12-13(19)17(9-7-15-12)14(3,4)5/h7,9,11,18H,6,8,10H2,1-5H3.